The minimum absolute atomic E-state index is 0.0349. The van der Waals surface area contributed by atoms with Crippen molar-refractivity contribution in [2.75, 3.05) is 13.2 Å². The molecular weight excluding hydrogens is 947 g/mol. The molecule has 0 aliphatic carbocycles. The molecule has 0 saturated carbocycles. The van der Waals surface area contributed by atoms with Gasteiger partial charge in [0.2, 0.25) is 5.91 Å². The lowest BCUT2D eigenvalue weighted by molar-refractivity contribution is -0.143. The molecule has 0 heterocycles. The van der Waals surface area contributed by atoms with Gasteiger partial charge < -0.3 is 20.3 Å². The van der Waals surface area contributed by atoms with E-state index in [0.717, 1.165) is 51.4 Å². The molecule has 0 aliphatic rings. The smallest absolute Gasteiger partial charge is 0.305 e. The van der Waals surface area contributed by atoms with E-state index in [9.17, 15) is 19.8 Å². The van der Waals surface area contributed by atoms with Crippen molar-refractivity contribution < 1.29 is 24.5 Å². The standard InChI is InChI=1S/C71H135NO5/c1-3-5-7-9-11-13-15-17-19-21-23-28-31-35-39-43-47-51-55-59-63-69(74)68(67-73)72-70(75)64-60-56-52-48-44-40-36-32-29-25-24-26-30-34-38-42-46-50-54-58-62-66-77-71(76)65-61-57-53-49-45-41-37-33-27-22-20-18-16-14-12-10-8-6-4-2/h18,20,42,46,54,58,68-69,73-74H,3-17,19,21-41,43-45,47-53,55-57,59-67H2,1-2H3,(H,72,75)/b20-18-,46-42-,58-54-. The molecule has 0 aromatic rings. The van der Waals surface area contributed by atoms with Crippen molar-refractivity contribution in [3.8, 4) is 0 Å². The first kappa shape index (κ1) is 75.1. The Morgan fingerprint density at radius 2 is 0.649 bits per heavy atom. The number of nitrogens with one attached hydrogen (secondary N) is 1. The maximum atomic E-state index is 12.5. The molecule has 0 aliphatic heterocycles. The van der Waals surface area contributed by atoms with E-state index in [1.807, 2.05) is 0 Å². The Hall–Kier alpha value is -1.92. The van der Waals surface area contributed by atoms with Gasteiger partial charge in [-0.1, -0.05) is 333 Å². The van der Waals surface area contributed by atoms with Gasteiger partial charge in [0, 0.05) is 12.8 Å². The van der Waals surface area contributed by atoms with Gasteiger partial charge in [-0.2, -0.15) is 0 Å². The van der Waals surface area contributed by atoms with Crippen LogP contribution in [-0.2, 0) is 14.3 Å². The van der Waals surface area contributed by atoms with Crippen LogP contribution in [0.25, 0.3) is 0 Å². The summed E-state index contributed by atoms with van der Waals surface area (Å²) in [5.41, 5.74) is 0. The predicted molar refractivity (Wildman–Crippen MR) is 338 cm³/mol. The highest BCUT2D eigenvalue weighted by Crippen LogP contribution is 2.19. The Balaban J connectivity index is 3.44. The van der Waals surface area contributed by atoms with Crippen LogP contribution in [0.15, 0.2) is 36.5 Å². The number of hydrogen-bond donors (Lipinski definition) is 3. The Morgan fingerprint density at radius 1 is 0.364 bits per heavy atom. The Morgan fingerprint density at radius 3 is 1.00 bits per heavy atom. The molecule has 1 amide bonds. The van der Waals surface area contributed by atoms with Crippen LogP contribution in [-0.4, -0.2) is 47.4 Å². The van der Waals surface area contributed by atoms with E-state index in [4.69, 9.17) is 4.74 Å². The average Bonchev–Trinajstić information content (AvgIpc) is 3.43. The molecule has 0 bridgehead atoms. The fraction of sp³-hybridized carbons (Fsp3) is 0.887. The van der Waals surface area contributed by atoms with Gasteiger partial charge in [0.25, 0.3) is 0 Å². The third-order valence-electron chi connectivity index (χ3n) is 16.2. The molecule has 0 fully saturated rings. The summed E-state index contributed by atoms with van der Waals surface area (Å²) in [5.74, 6) is -0.0712. The van der Waals surface area contributed by atoms with Crippen LogP contribution >= 0.6 is 0 Å². The van der Waals surface area contributed by atoms with E-state index in [2.05, 4.69) is 55.6 Å². The lowest BCUT2D eigenvalue weighted by Gasteiger charge is -2.22. The van der Waals surface area contributed by atoms with Crippen molar-refractivity contribution in [3.05, 3.63) is 36.5 Å². The summed E-state index contributed by atoms with van der Waals surface area (Å²) in [6.07, 6.45) is 84.8. The average molecular weight is 1080 g/mol. The number of rotatable bonds is 65. The molecule has 6 heteroatoms. The van der Waals surface area contributed by atoms with Gasteiger partial charge in [-0.3, -0.25) is 9.59 Å². The van der Waals surface area contributed by atoms with Crippen LogP contribution in [0.1, 0.15) is 380 Å². The number of allylic oxidation sites excluding steroid dienone is 5. The maximum Gasteiger partial charge on any atom is 0.305 e. The van der Waals surface area contributed by atoms with Crippen LogP contribution in [0.3, 0.4) is 0 Å². The van der Waals surface area contributed by atoms with Gasteiger partial charge in [0.05, 0.1) is 25.4 Å². The minimum atomic E-state index is -0.669. The van der Waals surface area contributed by atoms with Crippen LogP contribution in [0.4, 0.5) is 0 Å². The molecule has 0 aromatic heterocycles. The summed E-state index contributed by atoms with van der Waals surface area (Å²) in [5, 5.41) is 23.4. The second kappa shape index (κ2) is 66.6. The van der Waals surface area contributed by atoms with E-state index in [1.54, 1.807) is 0 Å². The Kier molecular flexibility index (Phi) is 64.9. The molecule has 6 nitrogen and oxygen atoms in total. The first-order valence-electron chi connectivity index (χ1n) is 34.7. The maximum absolute atomic E-state index is 12.5. The molecule has 0 saturated heterocycles. The quantitative estimate of drug-likeness (QED) is 0.0320. The lowest BCUT2D eigenvalue weighted by atomic mass is 10.0. The highest BCUT2D eigenvalue weighted by molar-refractivity contribution is 5.76. The lowest BCUT2D eigenvalue weighted by Crippen LogP contribution is -2.45. The summed E-state index contributed by atoms with van der Waals surface area (Å²) in [7, 11) is 0. The number of carbonyl (C=O) groups is 2. The molecular formula is C71H135NO5. The summed E-state index contributed by atoms with van der Waals surface area (Å²) in [6.45, 7) is 4.87. The third-order valence-corrected chi connectivity index (χ3v) is 16.2. The molecule has 0 radical (unpaired) electrons. The second-order valence-electron chi connectivity index (χ2n) is 23.9. The first-order valence-corrected chi connectivity index (χ1v) is 34.7. The predicted octanol–water partition coefficient (Wildman–Crippen LogP) is 22.3. The third kappa shape index (κ3) is 63.1. The minimum Gasteiger partial charge on any atom is -0.465 e. The fourth-order valence-electron chi connectivity index (χ4n) is 10.9. The molecule has 0 rings (SSSR count). The summed E-state index contributed by atoms with van der Waals surface area (Å²) in [6, 6.07) is -0.547. The zero-order valence-corrected chi connectivity index (χ0v) is 52.0. The summed E-state index contributed by atoms with van der Waals surface area (Å²) < 4.78 is 5.44. The van der Waals surface area contributed by atoms with E-state index < -0.39 is 12.1 Å². The normalized spacial score (nSPS) is 12.7. The summed E-state index contributed by atoms with van der Waals surface area (Å²) in [4.78, 5) is 24.6. The van der Waals surface area contributed by atoms with Crippen molar-refractivity contribution in [1.82, 2.24) is 5.32 Å². The molecule has 2 atom stereocenters. The Bertz CT molecular complexity index is 1250. The number of unbranched alkanes of at least 4 members (excludes halogenated alkanes) is 48. The van der Waals surface area contributed by atoms with E-state index in [-0.39, 0.29) is 18.5 Å². The SMILES string of the molecule is CCCCCCCC/C=C\CCCCCCCCCCCC(=O)OCC/C=C\C/C=C\CCCCCCCCCCCCCCCCC(=O)NC(CO)C(O)CCCCCCCCCCCCCCCCCCCCCC. The van der Waals surface area contributed by atoms with E-state index >= 15 is 0 Å². The number of ether oxygens (including phenoxy) is 1. The molecule has 454 valence electrons. The van der Waals surface area contributed by atoms with Crippen LogP contribution in [0, 0.1) is 0 Å². The fourth-order valence-corrected chi connectivity index (χ4v) is 10.9. The molecule has 3 N–H and O–H groups in total. The molecule has 2 unspecified atom stereocenters. The molecule has 0 aromatic carbocycles. The van der Waals surface area contributed by atoms with Crippen LogP contribution in [0.5, 0.6) is 0 Å². The Labute approximate surface area is 481 Å². The van der Waals surface area contributed by atoms with Gasteiger partial charge in [0.1, 0.15) is 0 Å². The largest absolute Gasteiger partial charge is 0.465 e. The number of amides is 1. The number of aliphatic hydroxyl groups excluding tert-OH is 2. The molecule has 77 heavy (non-hydrogen) atoms. The zero-order chi connectivity index (χ0) is 55.7. The zero-order valence-electron chi connectivity index (χ0n) is 52.0. The number of esters is 1. The second-order valence-corrected chi connectivity index (χ2v) is 23.9. The van der Waals surface area contributed by atoms with Crippen molar-refractivity contribution in [3.63, 3.8) is 0 Å². The highest BCUT2D eigenvalue weighted by atomic mass is 16.5. The van der Waals surface area contributed by atoms with Gasteiger partial charge in [0.15, 0.2) is 0 Å². The van der Waals surface area contributed by atoms with Crippen molar-refractivity contribution in [2.24, 2.45) is 0 Å². The van der Waals surface area contributed by atoms with E-state index in [1.165, 1.54) is 295 Å². The number of aliphatic hydroxyl groups is 2. The number of hydrogen-bond acceptors (Lipinski definition) is 5. The van der Waals surface area contributed by atoms with E-state index in [0.29, 0.717) is 25.9 Å². The first-order chi connectivity index (χ1) is 38.0. The molecule has 0 spiro atoms. The van der Waals surface area contributed by atoms with Crippen molar-refractivity contribution >= 4 is 11.9 Å². The van der Waals surface area contributed by atoms with Gasteiger partial charge in [-0.05, 0) is 70.6 Å². The van der Waals surface area contributed by atoms with Crippen molar-refractivity contribution in [2.45, 2.75) is 392 Å². The van der Waals surface area contributed by atoms with Crippen LogP contribution in [0.2, 0.25) is 0 Å². The van der Waals surface area contributed by atoms with Crippen LogP contribution < -0.4 is 5.32 Å². The monoisotopic (exact) mass is 1080 g/mol. The van der Waals surface area contributed by atoms with Gasteiger partial charge in [-0.25, -0.2) is 0 Å². The number of carbonyl (C=O) groups excluding carboxylic acids is 2. The topological polar surface area (TPSA) is 95.9 Å². The highest BCUT2D eigenvalue weighted by Gasteiger charge is 2.20. The van der Waals surface area contributed by atoms with Crippen molar-refractivity contribution in [1.29, 1.82) is 0 Å². The summed E-state index contributed by atoms with van der Waals surface area (Å²) >= 11 is 0. The van der Waals surface area contributed by atoms with Gasteiger partial charge in [-0.15, -0.1) is 0 Å². The van der Waals surface area contributed by atoms with Gasteiger partial charge >= 0.3 is 5.97 Å².